The van der Waals surface area contributed by atoms with Crippen molar-refractivity contribution >= 4 is 11.6 Å². The van der Waals surface area contributed by atoms with Gasteiger partial charge in [-0.15, -0.1) is 0 Å². The van der Waals surface area contributed by atoms with Crippen LogP contribution < -0.4 is 11.1 Å². The minimum atomic E-state index is -0.240. The number of carbonyl (C=O) groups excluding carboxylic acids is 1. The van der Waals surface area contributed by atoms with Crippen LogP contribution in [0.25, 0.3) is 11.3 Å². The number of fused-ring (bicyclic) bond motifs is 3. The number of nitrogens with zero attached hydrogens (tertiary/aromatic N) is 2. The van der Waals surface area contributed by atoms with Crippen LogP contribution in [0, 0.1) is 5.92 Å². The van der Waals surface area contributed by atoms with Gasteiger partial charge in [-0.25, -0.2) is 4.98 Å². The van der Waals surface area contributed by atoms with Gasteiger partial charge in [0.2, 0.25) is 0 Å². The average molecular weight is 326 g/mol. The second-order valence-electron chi connectivity index (χ2n) is 6.77. The van der Waals surface area contributed by atoms with Crippen LogP contribution in [0.5, 0.6) is 0 Å². The largest absolute Gasteiger partial charge is 0.432 e. The highest BCUT2D eigenvalue weighted by Crippen LogP contribution is 2.32. The number of aromatic nitrogens is 1. The molecule has 2 aromatic rings. The van der Waals surface area contributed by atoms with E-state index in [2.05, 4.69) is 22.1 Å². The van der Waals surface area contributed by atoms with E-state index in [4.69, 9.17) is 10.2 Å². The molecule has 1 amide bonds. The summed E-state index contributed by atoms with van der Waals surface area (Å²) in [4.78, 5) is 19.1. The van der Waals surface area contributed by atoms with Crippen molar-refractivity contribution < 1.29 is 9.21 Å². The molecule has 6 nitrogen and oxygen atoms in total. The minimum Gasteiger partial charge on any atom is -0.432 e. The Balaban J connectivity index is 1.49. The lowest BCUT2D eigenvalue weighted by Crippen LogP contribution is -2.62. The van der Waals surface area contributed by atoms with Gasteiger partial charge in [-0.3, -0.25) is 9.69 Å². The van der Waals surface area contributed by atoms with Crippen LogP contribution in [0.15, 0.2) is 34.9 Å². The number of hydrogen-bond donors (Lipinski definition) is 2. The quantitative estimate of drug-likeness (QED) is 0.844. The van der Waals surface area contributed by atoms with Gasteiger partial charge in [0.25, 0.3) is 5.89 Å². The van der Waals surface area contributed by atoms with E-state index in [0.717, 1.165) is 31.5 Å². The fourth-order valence-corrected chi connectivity index (χ4v) is 3.96. The molecule has 6 heteroatoms. The molecule has 2 atom stereocenters. The lowest BCUT2D eigenvalue weighted by molar-refractivity contribution is 0.0210. The maximum absolute atomic E-state index is 12.5. The predicted octanol–water partition coefficient (Wildman–Crippen LogP) is 2.14. The zero-order chi connectivity index (χ0) is 16.7. The molecule has 3 fully saturated rings. The van der Waals surface area contributed by atoms with E-state index in [9.17, 15) is 4.79 Å². The summed E-state index contributed by atoms with van der Waals surface area (Å²) in [5.74, 6) is 0.971. The highest BCUT2D eigenvalue weighted by Gasteiger charge is 2.40. The van der Waals surface area contributed by atoms with Gasteiger partial charge in [-0.1, -0.05) is 12.1 Å². The number of nitrogen functional groups attached to an aromatic ring is 1. The first-order valence-electron chi connectivity index (χ1n) is 8.48. The van der Waals surface area contributed by atoms with Gasteiger partial charge >= 0.3 is 5.91 Å². The van der Waals surface area contributed by atoms with Crippen LogP contribution in [-0.2, 0) is 0 Å². The van der Waals surface area contributed by atoms with E-state index in [1.54, 1.807) is 12.3 Å². The predicted molar refractivity (Wildman–Crippen MR) is 91.4 cm³/mol. The SMILES string of the molecule is C[C@@H]1[C@H](NC(=O)c2ncc(-c3cccc(N)c3)o2)C2CCN1CC2. The van der Waals surface area contributed by atoms with Crippen LogP contribution in [0.2, 0.25) is 0 Å². The van der Waals surface area contributed by atoms with E-state index in [-0.39, 0.29) is 17.8 Å². The highest BCUT2D eigenvalue weighted by molar-refractivity contribution is 5.90. The van der Waals surface area contributed by atoms with Gasteiger partial charge < -0.3 is 15.5 Å². The molecule has 4 heterocycles. The van der Waals surface area contributed by atoms with Crippen LogP contribution in [0.1, 0.15) is 30.5 Å². The monoisotopic (exact) mass is 326 g/mol. The summed E-state index contributed by atoms with van der Waals surface area (Å²) in [5, 5.41) is 3.13. The Hall–Kier alpha value is -2.34. The number of rotatable bonds is 3. The lowest BCUT2D eigenvalue weighted by atomic mass is 9.79. The molecule has 126 valence electrons. The lowest BCUT2D eigenvalue weighted by Gasteiger charge is -2.49. The summed E-state index contributed by atoms with van der Waals surface area (Å²) >= 11 is 0. The van der Waals surface area contributed by atoms with Crippen molar-refractivity contribution in [2.45, 2.75) is 31.8 Å². The smallest absolute Gasteiger partial charge is 0.307 e. The van der Waals surface area contributed by atoms with Crippen LogP contribution in [0.4, 0.5) is 5.69 Å². The Kier molecular flexibility index (Phi) is 3.76. The molecule has 1 aromatic heterocycles. The molecular weight excluding hydrogens is 304 g/mol. The molecule has 3 aliphatic heterocycles. The highest BCUT2D eigenvalue weighted by atomic mass is 16.4. The summed E-state index contributed by atoms with van der Waals surface area (Å²) < 4.78 is 5.65. The third kappa shape index (κ3) is 2.67. The van der Waals surface area contributed by atoms with Gasteiger partial charge in [0, 0.05) is 23.3 Å². The molecular formula is C18H22N4O2. The Morgan fingerprint density at radius 1 is 1.38 bits per heavy atom. The fraction of sp³-hybridized carbons (Fsp3) is 0.444. The van der Waals surface area contributed by atoms with Gasteiger partial charge in [0.15, 0.2) is 5.76 Å². The van der Waals surface area contributed by atoms with E-state index < -0.39 is 0 Å². The first-order valence-corrected chi connectivity index (χ1v) is 8.48. The Labute approximate surface area is 141 Å². The molecule has 0 spiro atoms. The Morgan fingerprint density at radius 2 is 2.17 bits per heavy atom. The standard InChI is InChI=1S/C18H22N4O2/c1-11-16(12-5-7-22(11)8-6-12)21-17(23)18-20-10-15(24-18)13-3-2-4-14(19)9-13/h2-4,9-12,16H,5-8,19H2,1H3,(H,21,23)/t11-,16+/m1/s1. The van der Waals surface area contributed by atoms with Crippen molar-refractivity contribution in [3.05, 3.63) is 36.4 Å². The molecule has 5 rings (SSSR count). The van der Waals surface area contributed by atoms with Crippen molar-refractivity contribution in [3.63, 3.8) is 0 Å². The minimum absolute atomic E-state index is 0.107. The Bertz CT molecular complexity index is 747. The molecule has 2 bridgehead atoms. The number of piperidine rings is 3. The first-order chi connectivity index (χ1) is 11.6. The summed E-state index contributed by atoms with van der Waals surface area (Å²) in [6, 6.07) is 7.88. The van der Waals surface area contributed by atoms with E-state index >= 15 is 0 Å². The first kappa shape index (κ1) is 15.2. The number of amides is 1. The summed E-state index contributed by atoms with van der Waals surface area (Å²) in [6.45, 7) is 4.46. The normalized spacial score (nSPS) is 28.7. The molecule has 24 heavy (non-hydrogen) atoms. The van der Waals surface area contributed by atoms with Crippen molar-refractivity contribution in [2.24, 2.45) is 5.92 Å². The van der Waals surface area contributed by atoms with Crippen LogP contribution in [0.3, 0.4) is 0 Å². The molecule has 3 N–H and O–H groups in total. The number of nitrogens with two attached hydrogens (primary N) is 1. The molecule has 3 aliphatic rings. The zero-order valence-electron chi connectivity index (χ0n) is 13.7. The maximum atomic E-state index is 12.5. The zero-order valence-corrected chi connectivity index (χ0v) is 13.7. The van der Waals surface area contributed by atoms with Crippen molar-refractivity contribution in [2.75, 3.05) is 18.8 Å². The molecule has 0 unspecified atom stereocenters. The van der Waals surface area contributed by atoms with Gasteiger partial charge in [-0.2, -0.15) is 0 Å². The number of benzene rings is 1. The van der Waals surface area contributed by atoms with Gasteiger partial charge in [0.05, 0.1) is 6.20 Å². The Morgan fingerprint density at radius 3 is 2.88 bits per heavy atom. The second-order valence-corrected chi connectivity index (χ2v) is 6.77. The molecule has 0 radical (unpaired) electrons. The number of anilines is 1. The molecule has 0 saturated carbocycles. The van der Waals surface area contributed by atoms with Crippen molar-refractivity contribution in [1.29, 1.82) is 0 Å². The van der Waals surface area contributed by atoms with Crippen molar-refractivity contribution in [1.82, 2.24) is 15.2 Å². The van der Waals surface area contributed by atoms with E-state index in [1.807, 2.05) is 18.2 Å². The van der Waals surface area contributed by atoms with Crippen LogP contribution in [-0.4, -0.2) is 41.0 Å². The topological polar surface area (TPSA) is 84.4 Å². The molecule has 1 aromatic carbocycles. The number of hydrogen-bond acceptors (Lipinski definition) is 5. The third-order valence-electron chi connectivity index (χ3n) is 5.35. The second kappa shape index (κ2) is 5.94. The van der Waals surface area contributed by atoms with Gasteiger partial charge in [0.1, 0.15) is 0 Å². The molecule has 0 aliphatic carbocycles. The van der Waals surface area contributed by atoms with Crippen molar-refractivity contribution in [3.8, 4) is 11.3 Å². The van der Waals surface area contributed by atoms with Crippen LogP contribution >= 0.6 is 0 Å². The molecule has 3 saturated heterocycles. The van der Waals surface area contributed by atoms with Gasteiger partial charge in [-0.05, 0) is 50.9 Å². The van der Waals surface area contributed by atoms with E-state index in [0.29, 0.717) is 23.4 Å². The fourth-order valence-electron chi connectivity index (χ4n) is 3.96. The third-order valence-corrected chi connectivity index (χ3v) is 5.35. The number of carbonyl (C=O) groups is 1. The number of nitrogens with one attached hydrogen (secondary N) is 1. The van der Waals surface area contributed by atoms with E-state index in [1.165, 1.54) is 0 Å². The summed E-state index contributed by atoms with van der Waals surface area (Å²) in [5.41, 5.74) is 7.26. The number of oxazole rings is 1. The average Bonchev–Trinajstić information content (AvgIpc) is 3.09. The maximum Gasteiger partial charge on any atom is 0.307 e. The summed E-state index contributed by atoms with van der Waals surface area (Å²) in [7, 11) is 0. The summed E-state index contributed by atoms with van der Waals surface area (Å²) in [6.07, 6.45) is 3.87.